The minimum atomic E-state index is -1.29. The number of carbonyl (C=O) groups excluding carboxylic acids is 1. The van der Waals surface area contributed by atoms with Crippen molar-refractivity contribution in [2.24, 2.45) is 10.8 Å². The number of aromatic nitrogens is 3. The number of hydrogen-bond donors (Lipinski definition) is 3. The maximum absolute atomic E-state index is 12.6. The fourth-order valence-electron chi connectivity index (χ4n) is 4.24. The number of carboxylic acid groups (broad SMARTS) is 1. The van der Waals surface area contributed by atoms with Crippen molar-refractivity contribution < 1.29 is 19.4 Å². The van der Waals surface area contributed by atoms with Crippen molar-refractivity contribution >= 4 is 11.9 Å². The van der Waals surface area contributed by atoms with E-state index in [9.17, 15) is 14.7 Å². The number of nitrogens with zero attached hydrogens (tertiary/aromatic N) is 2. The molecule has 2 aliphatic carbocycles. The van der Waals surface area contributed by atoms with E-state index < -0.39 is 17.3 Å². The van der Waals surface area contributed by atoms with Crippen molar-refractivity contribution in [3.05, 3.63) is 30.1 Å². The fraction of sp³-hybridized carbons (Fsp3) is 0.474. The van der Waals surface area contributed by atoms with E-state index in [1.54, 1.807) is 7.11 Å². The van der Waals surface area contributed by atoms with E-state index in [0.29, 0.717) is 24.5 Å². The predicted molar refractivity (Wildman–Crippen MR) is 95.8 cm³/mol. The first-order valence-corrected chi connectivity index (χ1v) is 9.04. The van der Waals surface area contributed by atoms with Gasteiger partial charge in [-0.15, -0.1) is 0 Å². The van der Waals surface area contributed by atoms with Crippen molar-refractivity contribution in [1.82, 2.24) is 20.5 Å². The highest BCUT2D eigenvalue weighted by Gasteiger charge is 2.64. The van der Waals surface area contributed by atoms with Crippen molar-refractivity contribution in [2.45, 2.75) is 38.6 Å². The largest absolute Gasteiger partial charge is 0.497 e. The first-order chi connectivity index (χ1) is 13.0. The molecular formula is C19H22N4O4. The standard InChI is InChI=1S/C19H22N4O4/c1-27-13-5-3-12(4-6-13)15-21-14(22-23-15)9-20-16(24)19(17(25)26)10-18(11-19)7-2-8-18/h3-6H,2,7-11H2,1H3,(H,20,24)(H,25,26)(H,21,22,23). The smallest absolute Gasteiger partial charge is 0.319 e. The van der Waals surface area contributed by atoms with Crippen LogP contribution >= 0.6 is 0 Å². The van der Waals surface area contributed by atoms with Crippen molar-refractivity contribution in [3.8, 4) is 17.1 Å². The summed E-state index contributed by atoms with van der Waals surface area (Å²) in [6.45, 7) is 0.115. The maximum Gasteiger partial charge on any atom is 0.319 e. The third-order valence-electron chi connectivity index (χ3n) is 5.91. The number of benzene rings is 1. The molecule has 2 aliphatic rings. The quantitative estimate of drug-likeness (QED) is 0.671. The van der Waals surface area contributed by atoms with E-state index in [1.807, 2.05) is 24.3 Å². The van der Waals surface area contributed by atoms with Crippen molar-refractivity contribution in [3.63, 3.8) is 0 Å². The summed E-state index contributed by atoms with van der Waals surface area (Å²) in [5.41, 5.74) is -0.388. The number of amides is 1. The summed E-state index contributed by atoms with van der Waals surface area (Å²) >= 11 is 0. The molecule has 142 valence electrons. The molecule has 0 unspecified atom stereocenters. The molecule has 4 rings (SSSR count). The Balaban J connectivity index is 1.39. The van der Waals surface area contributed by atoms with Crippen LogP contribution in [0.3, 0.4) is 0 Å². The van der Waals surface area contributed by atoms with Crippen molar-refractivity contribution in [1.29, 1.82) is 0 Å². The maximum atomic E-state index is 12.6. The fourth-order valence-corrected chi connectivity index (χ4v) is 4.24. The van der Waals surface area contributed by atoms with Gasteiger partial charge in [-0.25, -0.2) is 4.98 Å². The molecule has 1 spiro atoms. The zero-order valence-electron chi connectivity index (χ0n) is 15.1. The summed E-state index contributed by atoms with van der Waals surface area (Å²) in [6.07, 6.45) is 4.07. The third-order valence-corrected chi connectivity index (χ3v) is 5.91. The summed E-state index contributed by atoms with van der Waals surface area (Å²) in [4.78, 5) is 28.7. The summed E-state index contributed by atoms with van der Waals surface area (Å²) < 4.78 is 5.13. The first kappa shape index (κ1) is 17.5. The van der Waals surface area contributed by atoms with Crippen LogP contribution in [0.25, 0.3) is 11.4 Å². The Hall–Kier alpha value is -2.90. The molecule has 2 fully saturated rings. The van der Waals surface area contributed by atoms with Crippen LogP contribution in [-0.2, 0) is 16.1 Å². The van der Waals surface area contributed by atoms with Crippen LogP contribution in [0.15, 0.2) is 24.3 Å². The molecule has 27 heavy (non-hydrogen) atoms. The second-order valence-corrected chi connectivity index (χ2v) is 7.61. The molecule has 0 bridgehead atoms. The van der Waals surface area contributed by atoms with Crippen LogP contribution in [0.1, 0.15) is 37.9 Å². The predicted octanol–water partition coefficient (Wildman–Crippen LogP) is 2.13. The summed E-state index contributed by atoms with van der Waals surface area (Å²) in [5, 5.41) is 19.3. The molecule has 1 aromatic carbocycles. The van der Waals surface area contributed by atoms with Gasteiger partial charge in [0.25, 0.3) is 0 Å². The van der Waals surface area contributed by atoms with E-state index in [4.69, 9.17) is 4.74 Å². The molecule has 1 aromatic heterocycles. The monoisotopic (exact) mass is 370 g/mol. The molecule has 8 nitrogen and oxygen atoms in total. The lowest BCUT2D eigenvalue weighted by molar-refractivity contribution is -0.181. The van der Waals surface area contributed by atoms with Crippen LogP contribution in [-0.4, -0.2) is 39.3 Å². The van der Waals surface area contributed by atoms with Gasteiger partial charge in [-0.2, -0.15) is 5.10 Å². The number of ether oxygens (including phenoxy) is 1. The van der Waals surface area contributed by atoms with Gasteiger partial charge in [-0.1, -0.05) is 6.42 Å². The van der Waals surface area contributed by atoms with Gasteiger partial charge in [0.1, 0.15) is 17.0 Å². The van der Waals surface area contributed by atoms with E-state index in [0.717, 1.165) is 30.6 Å². The second-order valence-electron chi connectivity index (χ2n) is 7.61. The molecule has 2 aromatic rings. The molecule has 0 saturated heterocycles. The van der Waals surface area contributed by atoms with Crippen LogP contribution < -0.4 is 10.1 Å². The molecule has 1 amide bonds. The zero-order chi connectivity index (χ0) is 19.1. The van der Waals surface area contributed by atoms with E-state index in [-0.39, 0.29) is 12.0 Å². The minimum Gasteiger partial charge on any atom is -0.497 e. The van der Waals surface area contributed by atoms with Gasteiger partial charge >= 0.3 is 5.97 Å². The average Bonchev–Trinajstić information content (AvgIpc) is 3.06. The Kier molecular flexibility index (Phi) is 4.13. The number of carbonyl (C=O) groups is 2. The molecule has 1 heterocycles. The molecule has 2 saturated carbocycles. The number of aliphatic carboxylic acids is 1. The summed E-state index contributed by atoms with van der Waals surface area (Å²) in [6, 6.07) is 7.32. The molecule has 8 heteroatoms. The Labute approximate surface area is 156 Å². The van der Waals surface area contributed by atoms with E-state index in [2.05, 4.69) is 20.5 Å². The Morgan fingerprint density at radius 2 is 1.96 bits per heavy atom. The molecule has 0 atom stereocenters. The highest BCUT2D eigenvalue weighted by Crippen LogP contribution is 2.64. The average molecular weight is 370 g/mol. The first-order valence-electron chi connectivity index (χ1n) is 9.04. The van der Waals surface area contributed by atoms with Crippen LogP contribution in [0.5, 0.6) is 5.75 Å². The molecule has 0 radical (unpaired) electrons. The van der Waals surface area contributed by atoms with Gasteiger partial charge in [0.15, 0.2) is 5.82 Å². The SMILES string of the molecule is COc1ccc(-c2n[nH]c(CNC(=O)C3(C(=O)O)CC4(CCC4)C3)n2)cc1. The normalized spacial score (nSPS) is 19.0. The number of hydrogen-bond acceptors (Lipinski definition) is 5. The number of nitrogens with one attached hydrogen (secondary N) is 2. The lowest BCUT2D eigenvalue weighted by Crippen LogP contribution is -2.61. The minimum absolute atomic E-state index is 0.0868. The van der Waals surface area contributed by atoms with E-state index >= 15 is 0 Å². The van der Waals surface area contributed by atoms with Crippen LogP contribution in [0.4, 0.5) is 0 Å². The number of carboxylic acids is 1. The van der Waals surface area contributed by atoms with Gasteiger partial charge in [0, 0.05) is 5.56 Å². The number of methoxy groups -OCH3 is 1. The van der Waals surface area contributed by atoms with Gasteiger partial charge in [0.05, 0.1) is 13.7 Å². The summed E-state index contributed by atoms with van der Waals surface area (Å²) in [7, 11) is 1.60. The highest BCUT2D eigenvalue weighted by molar-refractivity contribution is 6.03. The zero-order valence-corrected chi connectivity index (χ0v) is 15.1. The topological polar surface area (TPSA) is 117 Å². The van der Waals surface area contributed by atoms with Crippen LogP contribution in [0, 0.1) is 10.8 Å². The second kappa shape index (κ2) is 6.37. The third kappa shape index (κ3) is 2.94. The Morgan fingerprint density at radius 1 is 1.26 bits per heavy atom. The Bertz CT molecular complexity index is 862. The van der Waals surface area contributed by atoms with Gasteiger partial charge in [-0.05, 0) is 55.4 Å². The molecule has 3 N–H and O–H groups in total. The number of H-pyrrole nitrogens is 1. The van der Waals surface area contributed by atoms with Crippen LogP contribution in [0.2, 0.25) is 0 Å². The number of aromatic amines is 1. The van der Waals surface area contributed by atoms with Crippen molar-refractivity contribution in [2.75, 3.05) is 7.11 Å². The van der Waals surface area contributed by atoms with Gasteiger partial charge < -0.3 is 15.2 Å². The molecular weight excluding hydrogens is 348 g/mol. The van der Waals surface area contributed by atoms with Gasteiger partial charge in [0.2, 0.25) is 5.91 Å². The highest BCUT2D eigenvalue weighted by atomic mass is 16.5. The summed E-state index contributed by atoms with van der Waals surface area (Å²) in [5.74, 6) is 0.258. The van der Waals surface area contributed by atoms with E-state index in [1.165, 1.54) is 0 Å². The number of rotatable bonds is 6. The molecule has 0 aliphatic heterocycles. The lowest BCUT2D eigenvalue weighted by atomic mass is 9.45. The van der Waals surface area contributed by atoms with Gasteiger partial charge in [-0.3, -0.25) is 14.7 Å². The lowest BCUT2D eigenvalue weighted by Gasteiger charge is -2.58. The Morgan fingerprint density at radius 3 is 2.52 bits per heavy atom.